The highest BCUT2D eigenvalue weighted by molar-refractivity contribution is 6.31. The number of likely N-dealkylation sites (tertiary alicyclic amines) is 1. The molecule has 1 fully saturated rings. The van der Waals surface area contributed by atoms with Gasteiger partial charge in [-0.3, -0.25) is 9.69 Å². The van der Waals surface area contributed by atoms with Crippen LogP contribution in [0.4, 0.5) is 0 Å². The van der Waals surface area contributed by atoms with Gasteiger partial charge in [-0.05, 0) is 37.9 Å². The number of benzene rings is 1. The maximum atomic E-state index is 11.9. The molecule has 1 aromatic carbocycles. The van der Waals surface area contributed by atoms with Crippen molar-refractivity contribution in [2.75, 3.05) is 13.1 Å². The lowest BCUT2D eigenvalue weighted by molar-refractivity contribution is -0.123. The fourth-order valence-electron chi connectivity index (χ4n) is 2.47. The predicted molar refractivity (Wildman–Crippen MR) is 78.2 cm³/mol. The fourth-order valence-corrected chi connectivity index (χ4v) is 2.67. The van der Waals surface area contributed by atoms with E-state index >= 15 is 0 Å². The Kier molecular flexibility index (Phi) is 5.23. The van der Waals surface area contributed by atoms with E-state index in [0.717, 1.165) is 12.1 Å². The van der Waals surface area contributed by atoms with E-state index in [0.29, 0.717) is 24.2 Å². The molecule has 0 spiro atoms. The summed E-state index contributed by atoms with van der Waals surface area (Å²) in [5.41, 5.74) is 0.962. The Hall–Kier alpha value is -1.06. The van der Waals surface area contributed by atoms with Crippen LogP contribution in [0.2, 0.25) is 5.02 Å². The minimum Gasteiger partial charge on any atom is -0.351 e. The third kappa shape index (κ3) is 4.22. The van der Waals surface area contributed by atoms with E-state index in [4.69, 9.17) is 11.6 Å². The summed E-state index contributed by atoms with van der Waals surface area (Å²) in [6.45, 7) is 4.22. The lowest BCUT2D eigenvalue weighted by Gasteiger charge is -2.32. The minimum absolute atomic E-state index is 0.0775. The molecule has 4 heteroatoms. The van der Waals surface area contributed by atoms with Crippen molar-refractivity contribution in [1.82, 2.24) is 10.2 Å². The maximum Gasteiger partial charge on any atom is 0.234 e. The molecule has 0 saturated carbocycles. The van der Waals surface area contributed by atoms with Gasteiger partial charge in [0.25, 0.3) is 0 Å². The van der Waals surface area contributed by atoms with Gasteiger partial charge in [0.15, 0.2) is 0 Å². The summed E-state index contributed by atoms with van der Waals surface area (Å²) in [5, 5.41) is 3.65. The number of carbonyl (C=O) groups excluding carboxylic acids is 1. The highest BCUT2D eigenvalue weighted by Crippen LogP contribution is 2.16. The first kappa shape index (κ1) is 14.4. The van der Waals surface area contributed by atoms with Crippen LogP contribution in [0.15, 0.2) is 24.3 Å². The lowest BCUT2D eigenvalue weighted by Crippen LogP contribution is -2.44. The molecule has 1 saturated heterocycles. The topological polar surface area (TPSA) is 32.3 Å². The molecule has 104 valence electrons. The highest BCUT2D eigenvalue weighted by atomic mass is 35.5. The quantitative estimate of drug-likeness (QED) is 0.920. The second kappa shape index (κ2) is 6.92. The number of hydrogen-bond acceptors (Lipinski definition) is 2. The van der Waals surface area contributed by atoms with Gasteiger partial charge in [-0.2, -0.15) is 0 Å². The average Bonchev–Trinajstić information content (AvgIpc) is 2.40. The molecule has 0 aromatic heterocycles. The van der Waals surface area contributed by atoms with Crippen molar-refractivity contribution in [2.45, 2.75) is 38.8 Å². The van der Waals surface area contributed by atoms with Gasteiger partial charge in [0.1, 0.15) is 0 Å². The van der Waals surface area contributed by atoms with Gasteiger partial charge in [-0.1, -0.05) is 36.2 Å². The van der Waals surface area contributed by atoms with E-state index in [1.54, 1.807) is 0 Å². The SMILES string of the molecule is C[C@@H]1CCCCN1CC(=O)NCc1ccccc1Cl. The second-order valence-electron chi connectivity index (χ2n) is 5.18. The van der Waals surface area contributed by atoms with Crippen molar-refractivity contribution < 1.29 is 4.79 Å². The Morgan fingerprint density at radius 3 is 2.95 bits per heavy atom. The molecule has 19 heavy (non-hydrogen) atoms. The predicted octanol–water partition coefficient (Wildman–Crippen LogP) is 2.83. The van der Waals surface area contributed by atoms with Gasteiger partial charge in [0.05, 0.1) is 6.54 Å². The van der Waals surface area contributed by atoms with Gasteiger partial charge in [0, 0.05) is 17.6 Å². The minimum atomic E-state index is 0.0775. The third-order valence-electron chi connectivity index (χ3n) is 3.72. The molecule has 0 aliphatic carbocycles. The molecular formula is C15H21ClN2O. The summed E-state index contributed by atoms with van der Waals surface area (Å²) in [6, 6.07) is 8.12. The van der Waals surface area contributed by atoms with Gasteiger partial charge in [0.2, 0.25) is 5.91 Å². The summed E-state index contributed by atoms with van der Waals surface area (Å²) >= 11 is 6.06. The Morgan fingerprint density at radius 2 is 2.21 bits per heavy atom. The largest absolute Gasteiger partial charge is 0.351 e. The molecule has 0 unspecified atom stereocenters. The van der Waals surface area contributed by atoms with Crippen LogP contribution in [-0.2, 0) is 11.3 Å². The van der Waals surface area contributed by atoms with Gasteiger partial charge >= 0.3 is 0 Å². The van der Waals surface area contributed by atoms with E-state index in [1.807, 2.05) is 24.3 Å². The van der Waals surface area contributed by atoms with Crippen molar-refractivity contribution in [1.29, 1.82) is 0 Å². The first-order valence-electron chi connectivity index (χ1n) is 6.91. The normalized spacial score (nSPS) is 20.2. The fraction of sp³-hybridized carbons (Fsp3) is 0.533. The van der Waals surface area contributed by atoms with Gasteiger partial charge < -0.3 is 5.32 Å². The monoisotopic (exact) mass is 280 g/mol. The molecule has 1 amide bonds. The first-order chi connectivity index (χ1) is 9.16. The smallest absolute Gasteiger partial charge is 0.234 e. The summed E-state index contributed by atoms with van der Waals surface area (Å²) in [5.74, 6) is 0.0775. The number of halogens is 1. The van der Waals surface area contributed by atoms with Crippen LogP contribution in [0.25, 0.3) is 0 Å². The molecule has 0 radical (unpaired) electrons. The van der Waals surface area contributed by atoms with Crippen LogP contribution in [0.3, 0.4) is 0 Å². The molecule has 1 heterocycles. The average molecular weight is 281 g/mol. The Morgan fingerprint density at radius 1 is 1.42 bits per heavy atom. The van der Waals surface area contributed by atoms with Crippen LogP contribution in [0, 0.1) is 0 Å². The van der Waals surface area contributed by atoms with Crippen molar-refractivity contribution in [3.8, 4) is 0 Å². The molecule has 2 rings (SSSR count). The number of hydrogen-bond donors (Lipinski definition) is 1. The molecular weight excluding hydrogens is 260 g/mol. The lowest BCUT2D eigenvalue weighted by atomic mass is 10.0. The number of amides is 1. The van der Waals surface area contributed by atoms with Crippen molar-refractivity contribution in [3.63, 3.8) is 0 Å². The molecule has 1 aromatic rings. The molecule has 1 aliphatic rings. The molecule has 0 bridgehead atoms. The molecule has 1 N–H and O–H groups in total. The zero-order valence-electron chi connectivity index (χ0n) is 11.4. The van der Waals surface area contributed by atoms with E-state index in [9.17, 15) is 4.79 Å². The third-order valence-corrected chi connectivity index (χ3v) is 4.09. The van der Waals surface area contributed by atoms with E-state index in [1.165, 1.54) is 19.3 Å². The standard InChI is InChI=1S/C15H21ClN2O/c1-12-6-4-5-9-18(12)11-15(19)17-10-13-7-2-3-8-14(13)16/h2-3,7-8,12H,4-6,9-11H2,1H3,(H,17,19)/t12-/m1/s1. The number of rotatable bonds is 4. The maximum absolute atomic E-state index is 11.9. The van der Waals surface area contributed by atoms with E-state index in [-0.39, 0.29) is 5.91 Å². The Bertz CT molecular complexity index is 436. The Balaban J connectivity index is 1.80. The van der Waals surface area contributed by atoms with E-state index in [2.05, 4.69) is 17.1 Å². The Labute approximate surface area is 119 Å². The molecule has 3 nitrogen and oxygen atoms in total. The molecule has 1 atom stereocenters. The summed E-state index contributed by atoms with van der Waals surface area (Å²) in [7, 11) is 0. The highest BCUT2D eigenvalue weighted by Gasteiger charge is 2.20. The van der Waals surface area contributed by atoms with Crippen molar-refractivity contribution in [3.05, 3.63) is 34.9 Å². The van der Waals surface area contributed by atoms with Gasteiger partial charge in [-0.25, -0.2) is 0 Å². The summed E-state index contributed by atoms with van der Waals surface area (Å²) < 4.78 is 0. The first-order valence-corrected chi connectivity index (χ1v) is 7.29. The number of nitrogens with zero attached hydrogens (tertiary/aromatic N) is 1. The zero-order chi connectivity index (χ0) is 13.7. The van der Waals surface area contributed by atoms with Crippen LogP contribution in [0.5, 0.6) is 0 Å². The summed E-state index contributed by atoms with van der Waals surface area (Å²) in [4.78, 5) is 14.2. The van der Waals surface area contributed by atoms with Gasteiger partial charge in [-0.15, -0.1) is 0 Å². The number of nitrogens with one attached hydrogen (secondary N) is 1. The van der Waals surface area contributed by atoms with Crippen LogP contribution >= 0.6 is 11.6 Å². The second-order valence-corrected chi connectivity index (χ2v) is 5.59. The van der Waals surface area contributed by atoms with Crippen molar-refractivity contribution in [2.24, 2.45) is 0 Å². The summed E-state index contributed by atoms with van der Waals surface area (Å²) in [6.07, 6.45) is 3.67. The van der Waals surface area contributed by atoms with E-state index < -0.39 is 0 Å². The zero-order valence-corrected chi connectivity index (χ0v) is 12.1. The van der Waals surface area contributed by atoms with Crippen LogP contribution < -0.4 is 5.32 Å². The van der Waals surface area contributed by atoms with Crippen LogP contribution in [0.1, 0.15) is 31.7 Å². The van der Waals surface area contributed by atoms with Crippen molar-refractivity contribution >= 4 is 17.5 Å². The number of piperidine rings is 1. The van der Waals surface area contributed by atoms with Crippen LogP contribution in [-0.4, -0.2) is 29.9 Å². The number of carbonyl (C=O) groups is 1. The molecule has 1 aliphatic heterocycles.